The van der Waals surface area contributed by atoms with Crippen LogP contribution in [-0.4, -0.2) is 36.8 Å². The number of likely N-dealkylation sites (tertiary alicyclic amines) is 1. The van der Waals surface area contributed by atoms with Crippen LogP contribution in [0.5, 0.6) is 0 Å². The van der Waals surface area contributed by atoms with Crippen molar-refractivity contribution in [3.05, 3.63) is 0 Å². The van der Waals surface area contributed by atoms with E-state index < -0.39 is 0 Å². The summed E-state index contributed by atoms with van der Waals surface area (Å²) in [4.78, 5) is 2.43. The average Bonchev–Trinajstić information content (AvgIpc) is 2.14. The lowest BCUT2D eigenvalue weighted by Crippen LogP contribution is -2.35. The highest BCUT2D eigenvalue weighted by molar-refractivity contribution is 4.74. The van der Waals surface area contributed by atoms with E-state index in [9.17, 15) is 0 Å². The molecule has 2 unspecified atom stereocenters. The minimum atomic E-state index is 0.354. The third-order valence-corrected chi connectivity index (χ3v) is 3.28. The molecule has 1 heterocycles. The summed E-state index contributed by atoms with van der Waals surface area (Å²) in [5.74, 6) is 1.65. The first-order chi connectivity index (χ1) is 6.24. The normalized spacial score (nSPS) is 27.5. The van der Waals surface area contributed by atoms with Gasteiger partial charge in [-0.2, -0.15) is 0 Å². The first-order valence-electron chi connectivity index (χ1n) is 5.53. The molecule has 0 aromatic carbocycles. The predicted molar refractivity (Wildman–Crippen MR) is 55.7 cm³/mol. The summed E-state index contributed by atoms with van der Waals surface area (Å²) in [6.07, 6.45) is 4.90. The summed E-state index contributed by atoms with van der Waals surface area (Å²) in [5, 5.41) is 8.76. The van der Waals surface area contributed by atoms with Crippen LogP contribution in [0.15, 0.2) is 0 Å². The number of rotatable bonds is 4. The summed E-state index contributed by atoms with van der Waals surface area (Å²) in [6, 6.07) is 0. The van der Waals surface area contributed by atoms with Crippen LogP contribution >= 0.6 is 0 Å². The van der Waals surface area contributed by atoms with Gasteiger partial charge < -0.3 is 10.0 Å². The van der Waals surface area contributed by atoms with E-state index in [-0.39, 0.29) is 0 Å². The van der Waals surface area contributed by atoms with Gasteiger partial charge in [0.05, 0.1) is 0 Å². The number of nitrogens with zero attached hydrogens (tertiary/aromatic N) is 1. The highest BCUT2D eigenvalue weighted by Crippen LogP contribution is 2.25. The van der Waals surface area contributed by atoms with Crippen molar-refractivity contribution in [2.75, 3.05) is 26.7 Å². The number of aliphatic hydroxyl groups excluding tert-OH is 1. The van der Waals surface area contributed by atoms with E-state index in [1.54, 1.807) is 0 Å². The Balaban J connectivity index is 2.24. The van der Waals surface area contributed by atoms with Crippen molar-refractivity contribution in [3.8, 4) is 0 Å². The van der Waals surface area contributed by atoms with Crippen molar-refractivity contribution in [3.63, 3.8) is 0 Å². The van der Waals surface area contributed by atoms with Crippen LogP contribution in [0.3, 0.4) is 0 Å². The van der Waals surface area contributed by atoms with Gasteiger partial charge in [0.2, 0.25) is 0 Å². The zero-order valence-electron chi connectivity index (χ0n) is 9.00. The Morgan fingerprint density at radius 1 is 1.54 bits per heavy atom. The van der Waals surface area contributed by atoms with Crippen LogP contribution < -0.4 is 0 Å². The van der Waals surface area contributed by atoms with Gasteiger partial charge >= 0.3 is 0 Å². The molecule has 0 saturated carbocycles. The van der Waals surface area contributed by atoms with Crippen LogP contribution in [0.1, 0.15) is 32.6 Å². The lowest BCUT2D eigenvalue weighted by molar-refractivity contribution is 0.154. The fourth-order valence-electron chi connectivity index (χ4n) is 2.32. The lowest BCUT2D eigenvalue weighted by atomic mass is 9.84. The molecule has 0 spiro atoms. The molecule has 1 rings (SSSR count). The summed E-state index contributed by atoms with van der Waals surface area (Å²) < 4.78 is 0. The van der Waals surface area contributed by atoms with Gasteiger partial charge in [0, 0.05) is 13.2 Å². The molecule has 0 aliphatic carbocycles. The zero-order chi connectivity index (χ0) is 9.68. The molecule has 1 fully saturated rings. The fourth-order valence-corrected chi connectivity index (χ4v) is 2.32. The van der Waals surface area contributed by atoms with Gasteiger partial charge in [0.15, 0.2) is 0 Å². The summed E-state index contributed by atoms with van der Waals surface area (Å²) in [5.41, 5.74) is 0. The smallest absolute Gasteiger partial charge is 0.0431 e. The molecule has 2 nitrogen and oxygen atoms in total. The Morgan fingerprint density at radius 2 is 2.31 bits per heavy atom. The van der Waals surface area contributed by atoms with E-state index in [1.165, 1.54) is 32.4 Å². The largest absolute Gasteiger partial charge is 0.396 e. The van der Waals surface area contributed by atoms with E-state index >= 15 is 0 Å². The van der Waals surface area contributed by atoms with Gasteiger partial charge in [-0.05, 0) is 51.1 Å². The first-order valence-corrected chi connectivity index (χ1v) is 5.53. The van der Waals surface area contributed by atoms with Crippen LogP contribution in [-0.2, 0) is 0 Å². The van der Waals surface area contributed by atoms with E-state index in [2.05, 4.69) is 18.9 Å². The zero-order valence-corrected chi connectivity index (χ0v) is 9.00. The number of hydrogen-bond donors (Lipinski definition) is 1. The minimum absolute atomic E-state index is 0.354. The van der Waals surface area contributed by atoms with Crippen molar-refractivity contribution in [2.24, 2.45) is 11.8 Å². The quantitative estimate of drug-likeness (QED) is 0.721. The predicted octanol–water partition coefficient (Wildman–Crippen LogP) is 1.74. The van der Waals surface area contributed by atoms with Crippen molar-refractivity contribution in [1.29, 1.82) is 0 Å². The van der Waals surface area contributed by atoms with Gasteiger partial charge in [-0.25, -0.2) is 0 Å². The number of piperidine rings is 1. The molecule has 0 aromatic heterocycles. The lowest BCUT2D eigenvalue weighted by Gasteiger charge is -2.33. The minimum Gasteiger partial charge on any atom is -0.396 e. The third-order valence-electron chi connectivity index (χ3n) is 3.28. The molecule has 0 radical (unpaired) electrons. The standard InChI is InChI=1S/C11H23NO/c1-10(5-4-8-13)11-6-3-7-12(2)9-11/h10-11,13H,3-9H2,1-2H3. The highest BCUT2D eigenvalue weighted by Gasteiger charge is 2.21. The van der Waals surface area contributed by atoms with Crippen LogP contribution in [0.4, 0.5) is 0 Å². The summed E-state index contributed by atoms with van der Waals surface area (Å²) in [6.45, 7) is 5.21. The van der Waals surface area contributed by atoms with E-state index in [0.29, 0.717) is 6.61 Å². The fraction of sp³-hybridized carbons (Fsp3) is 1.00. The maximum atomic E-state index is 8.76. The van der Waals surface area contributed by atoms with Gasteiger partial charge in [-0.15, -0.1) is 0 Å². The maximum absolute atomic E-state index is 8.76. The van der Waals surface area contributed by atoms with Crippen molar-refractivity contribution >= 4 is 0 Å². The number of aliphatic hydroxyl groups is 1. The van der Waals surface area contributed by atoms with Crippen LogP contribution in [0.25, 0.3) is 0 Å². The van der Waals surface area contributed by atoms with Gasteiger partial charge in [-0.3, -0.25) is 0 Å². The van der Waals surface area contributed by atoms with Gasteiger partial charge in [0.25, 0.3) is 0 Å². The summed E-state index contributed by atoms with van der Waals surface area (Å²) >= 11 is 0. The average molecular weight is 185 g/mol. The SMILES string of the molecule is CC(CCCO)C1CCCN(C)C1. The molecule has 78 valence electrons. The van der Waals surface area contributed by atoms with Gasteiger partial charge in [-0.1, -0.05) is 6.92 Å². The van der Waals surface area contributed by atoms with Gasteiger partial charge in [0.1, 0.15) is 0 Å². The molecule has 1 aliphatic heterocycles. The number of hydrogen-bond acceptors (Lipinski definition) is 2. The van der Waals surface area contributed by atoms with E-state index in [0.717, 1.165) is 18.3 Å². The highest BCUT2D eigenvalue weighted by atomic mass is 16.2. The molecule has 2 heteroatoms. The monoisotopic (exact) mass is 185 g/mol. The molecule has 13 heavy (non-hydrogen) atoms. The second-order valence-electron chi connectivity index (χ2n) is 4.51. The maximum Gasteiger partial charge on any atom is 0.0431 e. The molecular formula is C11H23NO. The molecule has 0 amide bonds. The second kappa shape index (κ2) is 5.61. The Morgan fingerprint density at radius 3 is 2.92 bits per heavy atom. The topological polar surface area (TPSA) is 23.5 Å². The second-order valence-corrected chi connectivity index (χ2v) is 4.51. The Labute approximate surface area is 81.9 Å². The van der Waals surface area contributed by atoms with E-state index in [4.69, 9.17) is 5.11 Å². The molecule has 1 saturated heterocycles. The summed E-state index contributed by atoms with van der Waals surface area (Å²) in [7, 11) is 2.21. The Hall–Kier alpha value is -0.0800. The Kier molecular flexibility index (Phi) is 4.74. The molecule has 0 aromatic rings. The van der Waals surface area contributed by atoms with E-state index in [1.807, 2.05) is 0 Å². The molecule has 1 aliphatic rings. The van der Waals surface area contributed by atoms with Crippen LogP contribution in [0.2, 0.25) is 0 Å². The van der Waals surface area contributed by atoms with Crippen molar-refractivity contribution in [1.82, 2.24) is 4.90 Å². The molecule has 2 atom stereocenters. The van der Waals surface area contributed by atoms with Crippen molar-refractivity contribution < 1.29 is 5.11 Å². The third kappa shape index (κ3) is 3.65. The molecular weight excluding hydrogens is 162 g/mol. The first kappa shape index (κ1) is 11.0. The van der Waals surface area contributed by atoms with Crippen LogP contribution in [0, 0.1) is 11.8 Å². The molecule has 0 bridgehead atoms. The Bertz CT molecular complexity index is 138. The molecule has 1 N–H and O–H groups in total. The van der Waals surface area contributed by atoms with Crippen molar-refractivity contribution in [2.45, 2.75) is 32.6 Å².